The van der Waals surface area contributed by atoms with Gasteiger partial charge in [0.15, 0.2) is 0 Å². The van der Waals surface area contributed by atoms with Crippen LogP contribution in [0.25, 0.3) is 0 Å². The summed E-state index contributed by atoms with van der Waals surface area (Å²) in [4.78, 5) is 52.6. The van der Waals surface area contributed by atoms with Crippen LogP contribution in [0, 0.1) is 0 Å². The van der Waals surface area contributed by atoms with Gasteiger partial charge in [-0.2, -0.15) is 0 Å². The molecule has 10 nitrogen and oxygen atoms in total. The zero-order valence-corrected chi connectivity index (χ0v) is 12.3. The fourth-order valence-corrected chi connectivity index (χ4v) is 1.32. The standard InChI is InChI=1S/C12H18O10/c1-4-5-12(18,19)9(20-10(16)6(2)13)8(15)11(17)22-21-7(3)14/h6,9,13,18-19H,4-5H2,1-3H3. The molecule has 0 aromatic carbocycles. The average molecular weight is 322 g/mol. The van der Waals surface area contributed by atoms with E-state index in [-0.39, 0.29) is 6.42 Å². The minimum atomic E-state index is -2.87. The van der Waals surface area contributed by atoms with Gasteiger partial charge in [0.2, 0.25) is 11.9 Å². The Hall–Kier alpha value is -2.04. The Morgan fingerprint density at radius 3 is 2.09 bits per heavy atom. The third kappa shape index (κ3) is 6.16. The van der Waals surface area contributed by atoms with Gasteiger partial charge in [-0.25, -0.2) is 24.2 Å². The number of rotatable bonds is 7. The molecule has 0 fully saturated rings. The van der Waals surface area contributed by atoms with Crippen LogP contribution < -0.4 is 0 Å². The molecule has 0 aromatic heterocycles. The number of aliphatic hydroxyl groups is 3. The van der Waals surface area contributed by atoms with Crippen LogP contribution in [-0.4, -0.2) is 57.0 Å². The lowest BCUT2D eigenvalue weighted by Gasteiger charge is -2.28. The second kappa shape index (κ2) is 8.41. The van der Waals surface area contributed by atoms with E-state index in [2.05, 4.69) is 14.5 Å². The van der Waals surface area contributed by atoms with Gasteiger partial charge in [-0.05, 0) is 6.92 Å². The molecular formula is C12H18O10. The molecule has 0 saturated carbocycles. The number of hydrogen-bond acceptors (Lipinski definition) is 10. The van der Waals surface area contributed by atoms with Crippen molar-refractivity contribution in [1.29, 1.82) is 0 Å². The molecule has 0 radical (unpaired) electrons. The van der Waals surface area contributed by atoms with Gasteiger partial charge in [0, 0.05) is 13.3 Å². The van der Waals surface area contributed by atoms with Crippen molar-refractivity contribution in [3.05, 3.63) is 0 Å². The maximum Gasteiger partial charge on any atom is 0.425 e. The molecule has 0 bridgehead atoms. The van der Waals surface area contributed by atoms with Crippen molar-refractivity contribution in [2.75, 3.05) is 0 Å². The van der Waals surface area contributed by atoms with E-state index < -0.39 is 48.1 Å². The van der Waals surface area contributed by atoms with Crippen LogP contribution in [0.2, 0.25) is 0 Å². The number of hydrogen-bond donors (Lipinski definition) is 3. The third-order valence-corrected chi connectivity index (χ3v) is 2.29. The second-order valence-corrected chi connectivity index (χ2v) is 4.43. The SMILES string of the molecule is CCCC(O)(O)C(OC(=O)C(C)O)C(=O)C(=O)OOC(C)=O. The molecular weight excluding hydrogens is 304 g/mol. The highest BCUT2D eigenvalue weighted by Crippen LogP contribution is 2.19. The van der Waals surface area contributed by atoms with E-state index >= 15 is 0 Å². The molecule has 0 aromatic rings. The number of carbonyl (C=O) groups is 4. The van der Waals surface area contributed by atoms with Crippen molar-refractivity contribution in [3.8, 4) is 0 Å². The largest absolute Gasteiger partial charge is 0.446 e. The van der Waals surface area contributed by atoms with Crippen molar-refractivity contribution in [3.63, 3.8) is 0 Å². The molecule has 22 heavy (non-hydrogen) atoms. The molecule has 2 atom stereocenters. The van der Waals surface area contributed by atoms with Crippen molar-refractivity contribution in [2.24, 2.45) is 0 Å². The fraction of sp³-hybridized carbons (Fsp3) is 0.667. The van der Waals surface area contributed by atoms with Crippen LogP contribution in [0.4, 0.5) is 0 Å². The van der Waals surface area contributed by atoms with Crippen LogP contribution in [0.15, 0.2) is 0 Å². The Morgan fingerprint density at radius 1 is 1.14 bits per heavy atom. The van der Waals surface area contributed by atoms with E-state index in [1.807, 2.05) is 0 Å². The Bertz CT molecular complexity index is 439. The number of ketones is 1. The summed E-state index contributed by atoms with van der Waals surface area (Å²) in [5, 5.41) is 28.6. The summed E-state index contributed by atoms with van der Waals surface area (Å²) in [6, 6.07) is 0. The summed E-state index contributed by atoms with van der Waals surface area (Å²) < 4.78 is 4.44. The van der Waals surface area contributed by atoms with Gasteiger partial charge in [0.25, 0.3) is 5.78 Å². The van der Waals surface area contributed by atoms with E-state index in [0.29, 0.717) is 0 Å². The van der Waals surface area contributed by atoms with Gasteiger partial charge in [0.05, 0.1) is 0 Å². The van der Waals surface area contributed by atoms with Crippen molar-refractivity contribution < 1.29 is 49.0 Å². The minimum Gasteiger partial charge on any atom is -0.446 e. The molecule has 0 saturated heterocycles. The maximum atomic E-state index is 11.8. The maximum absolute atomic E-state index is 11.8. The van der Waals surface area contributed by atoms with Crippen LogP contribution in [-0.2, 0) is 33.7 Å². The summed E-state index contributed by atoms with van der Waals surface area (Å²) in [5.41, 5.74) is 0. The Balaban J connectivity index is 5.21. The second-order valence-electron chi connectivity index (χ2n) is 4.43. The van der Waals surface area contributed by atoms with Gasteiger partial charge >= 0.3 is 17.9 Å². The van der Waals surface area contributed by atoms with E-state index in [1.165, 1.54) is 6.92 Å². The van der Waals surface area contributed by atoms with E-state index in [0.717, 1.165) is 13.8 Å². The molecule has 3 N–H and O–H groups in total. The highest BCUT2D eigenvalue weighted by atomic mass is 17.2. The van der Waals surface area contributed by atoms with Gasteiger partial charge in [-0.1, -0.05) is 13.3 Å². The first-order valence-electron chi connectivity index (χ1n) is 6.29. The number of aliphatic hydroxyl groups excluding tert-OH is 1. The molecule has 0 aliphatic heterocycles. The first kappa shape index (κ1) is 20.0. The minimum absolute atomic E-state index is 0.169. The van der Waals surface area contributed by atoms with Crippen molar-refractivity contribution in [1.82, 2.24) is 0 Å². The summed E-state index contributed by atoms with van der Waals surface area (Å²) in [6.45, 7) is 3.44. The smallest absolute Gasteiger partial charge is 0.425 e. The summed E-state index contributed by atoms with van der Waals surface area (Å²) in [7, 11) is 0. The molecule has 2 unspecified atom stereocenters. The van der Waals surface area contributed by atoms with E-state index in [9.17, 15) is 29.4 Å². The van der Waals surface area contributed by atoms with Crippen LogP contribution >= 0.6 is 0 Å². The number of ether oxygens (including phenoxy) is 1. The lowest BCUT2D eigenvalue weighted by atomic mass is 10.0. The number of esters is 1. The first-order valence-corrected chi connectivity index (χ1v) is 6.29. The predicted molar refractivity (Wildman–Crippen MR) is 66.5 cm³/mol. The molecule has 126 valence electrons. The summed E-state index contributed by atoms with van der Waals surface area (Å²) in [6.07, 6.45) is -4.27. The highest BCUT2D eigenvalue weighted by Gasteiger charge is 2.46. The highest BCUT2D eigenvalue weighted by molar-refractivity contribution is 6.35. The quantitative estimate of drug-likeness (QED) is 0.163. The fourth-order valence-electron chi connectivity index (χ4n) is 1.32. The summed E-state index contributed by atoms with van der Waals surface area (Å²) in [5.74, 6) is -8.71. The number of Topliss-reactive ketones (excluding diaryl/α,β-unsaturated/α-hetero) is 1. The molecule has 0 rings (SSSR count). The monoisotopic (exact) mass is 322 g/mol. The topological polar surface area (TPSA) is 157 Å². The number of carbonyl (C=O) groups excluding carboxylic acids is 4. The molecule has 0 aliphatic carbocycles. The third-order valence-electron chi connectivity index (χ3n) is 2.29. The summed E-state index contributed by atoms with van der Waals surface area (Å²) >= 11 is 0. The predicted octanol–water partition coefficient (Wildman–Crippen LogP) is -1.65. The van der Waals surface area contributed by atoms with Gasteiger partial charge < -0.3 is 20.1 Å². The lowest BCUT2D eigenvalue weighted by Crippen LogP contribution is -2.53. The van der Waals surface area contributed by atoms with Crippen LogP contribution in [0.5, 0.6) is 0 Å². The van der Waals surface area contributed by atoms with Gasteiger partial charge in [-0.15, -0.1) is 0 Å². The molecule has 0 amide bonds. The average Bonchev–Trinajstić information content (AvgIpc) is 2.40. The lowest BCUT2D eigenvalue weighted by molar-refractivity contribution is -0.262. The molecule has 10 heteroatoms. The van der Waals surface area contributed by atoms with Crippen LogP contribution in [0.3, 0.4) is 0 Å². The Labute approximate surface area is 125 Å². The first-order chi connectivity index (χ1) is 10.0. The Kier molecular flexibility index (Phi) is 7.63. The van der Waals surface area contributed by atoms with Crippen molar-refractivity contribution >= 4 is 23.7 Å². The van der Waals surface area contributed by atoms with Gasteiger partial charge in [-0.3, -0.25) is 4.79 Å². The Morgan fingerprint density at radius 2 is 1.68 bits per heavy atom. The van der Waals surface area contributed by atoms with Crippen LogP contribution in [0.1, 0.15) is 33.6 Å². The van der Waals surface area contributed by atoms with Gasteiger partial charge in [0.1, 0.15) is 6.10 Å². The normalized spacial score (nSPS) is 13.7. The van der Waals surface area contributed by atoms with Crippen molar-refractivity contribution in [2.45, 2.75) is 51.6 Å². The zero-order chi connectivity index (χ0) is 17.5. The van der Waals surface area contributed by atoms with E-state index in [4.69, 9.17) is 5.11 Å². The molecule has 0 heterocycles. The molecule has 0 aliphatic rings. The molecule has 0 spiro atoms. The van der Waals surface area contributed by atoms with E-state index in [1.54, 1.807) is 0 Å². The zero-order valence-electron chi connectivity index (χ0n) is 12.3.